The molecule has 1 aliphatic carbocycles. The zero-order chi connectivity index (χ0) is 13.9. The molecule has 0 atom stereocenters. The third-order valence-electron chi connectivity index (χ3n) is 3.71. The summed E-state index contributed by atoms with van der Waals surface area (Å²) in [7, 11) is 0. The Kier molecular flexibility index (Phi) is 4.09. The minimum atomic E-state index is -0.916. The van der Waals surface area contributed by atoms with Gasteiger partial charge in [0, 0.05) is 6.54 Å². The fourth-order valence-corrected chi connectivity index (χ4v) is 2.36. The molecule has 0 unspecified atom stereocenters. The van der Waals surface area contributed by atoms with Crippen molar-refractivity contribution < 1.29 is 19.7 Å². The molecule has 0 radical (unpaired) electrons. The predicted molar refractivity (Wildman–Crippen MR) is 67.9 cm³/mol. The second-order valence-corrected chi connectivity index (χ2v) is 5.16. The van der Waals surface area contributed by atoms with Crippen molar-refractivity contribution in [2.45, 2.75) is 44.8 Å². The lowest BCUT2D eigenvalue weighted by molar-refractivity contribution is -0.145. The van der Waals surface area contributed by atoms with Gasteiger partial charge in [-0.25, -0.2) is 0 Å². The molecular weight excluding hydrogens is 248 g/mol. The lowest BCUT2D eigenvalue weighted by Crippen LogP contribution is -2.41. The number of rotatable bonds is 5. The van der Waals surface area contributed by atoms with Crippen LogP contribution in [0.15, 0.2) is 12.4 Å². The highest BCUT2D eigenvalue weighted by Crippen LogP contribution is 2.32. The minimum Gasteiger partial charge on any atom is -0.487 e. The van der Waals surface area contributed by atoms with Crippen molar-refractivity contribution in [2.75, 3.05) is 6.61 Å². The molecule has 6 heteroatoms. The SMILES string of the molecule is CCn1cc(OCC2(O)CCC(C(=O)O)CC2)cn1. The maximum atomic E-state index is 10.9. The Bertz CT molecular complexity index is 436. The molecule has 6 nitrogen and oxygen atoms in total. The van der Waals surface area contributed by atoms with Crippen molar-refractivity contribution in [3.05, 3.63) is 12.4 Å². The summed E-state index contributed by atoms with van der Waals surface area (Å²) in [6, 6.07) is 0. The van der Waals surface area contributed by atoms with Crippen LogP contribution in [0.25, 0.3) is 0 Å². The van der Waals surface area contributed by atoms with Crippen LogP contribution in [-0.4, -0.2) is 38.2 Å². The molecule has 0 spiro atoms. The quantitative estimate of drug-likeness (QED) is 0.840. The number of ether oxygens (including phenoxy) is 1. The van der Waals surface area contributed by atoms with Crippen molar-refractivity contribution in [3.63, 3.8) is 0 Å². The van der Waals surface area contributed by atoms with Crippen LogP contribution in [0, 0.1) is 5.92 Å². The highest BCUT2D eigenvalue weighted by molar-refractivity contribution is 5.70. The molecule has 2 N–H and O–H groups in total. The number of aromatic nitrogens is 2. The van der Waals surface area contributed by atoms with Gasteiger partial charge in [-0.3, -0.25) is 9.48 Å². The molecule has 1 aliphatic rings. The van der Waals surface area contributed by atoms with Crippen molar-refractivity contribution in [2.24, 2.45) is 5.92 Å². The van der Waals surface area contributed by atoms with Crippen molar-refractivity contribution in [1.82, 2.24) is 9.78 Å². The van der Waals surface area contributed by atoms with E-state index in [4.69, 9.17) is 9.84 Å². The molecule has 19 heavy (non-hydrogen) atoms. The van der Waals surface area contributed by atoms with E-state index in [0.29, 0.717) is 31.4 Å². The van der Waals surface area contributed by atoms with Gasteiger partial charge in [0.05, 0.1) is 23.9 Å². The predicted octanol–water partition coefficient (Wildman–Crippen LogP) is 1.29. The van der Waals surface area contributed by atoms with Gasteiger partial charge in [-0.2, -0.15) is 5.10 Å². The lowest BCUT2D eigenvalue weighted by Gasteiger charge is -2.34. The number of hydrogen-bond donors (Lipinski definition) is 2. The Labute approximate surface area is 112 Å². The highest BCUT2D eigenvalue weighted by Gasteiger charge is 2.36. The average molecular weight is 268 g/mol. The molecule has 0 aliphatic heterocycles. The fraction of sp³-hybridized carbons (Fsp3) is 0.692. The average Bonchev–Trinajstić information content (AvgIpc) is 2.85. The van der Waals surface area contributed by atoms with Crippen LogP contribution in [0.3, 0.4) is 0 Å². The Morgan fingerprint density at radius 1 is 1.58 bits per heavy atom. The topological polar surface area (TPSA) is 84.6 Å². The largest absolute Gasteiger partial charge is 0.487 e. The second kappa shape index (κ2) is 5.61. The van der Waals surface area contributed by atoms with E-state index in [0.717, 1.165) is 6.54 Å². The van der Waals surface area contributed by atoms with E-state index in [2.05, 4.69) is 5.10 Å². The monoisotopic (exact) mass is 268 g/mol. The van der Waals surface area contributed by atoms with Crippen LogP contribution in [0.2, 0.25) is 0 Å². The standard InChI is InChI=1S/C13H20N2O4/c1-2-15-8-11(7-14-15)19-9-13(18)5-3-10(4-6-13)12(16)17/h7-8,10,18H,2-6,9H2,1H3,(H,16,17). The Morgan fingerprint density at radius 3 is 2.79 bits per heavy atom. The van der Waals surface area contributed by atoms with Crippen LogP contribution in [0.1, 0.15) is 32.6 Å². The maximum Gasteiger partial charge on any atom is 0.306 e. The Hall–Kier alpha value is -1.56. The molecule has 2 rings (SSSR count). The van der Waals surface area contributed by atoms with Gasteiger partial charge in [-0.15, -0.1) is 0 Å². The summed E-state index contributed by atoms with van der Waals surface area (Å²) in [5.74, 6) is -0.467. The van der Waals surface area contributed by atoms with Gasteiger partial charge >= 0.3 is 5.97 Å². The first kappa shape index (κ1) is 13.9. The summed E-state index contributed by atoms with van der Waals surface area (Å²) < 4.78 is 7.30. The summed E-state index contributed by atoms with van der Waals surface area (Å²) >= 11 is 0. The van der Waals surface area contributed by atoms with Gasteiger partial charge in [0.2, 0.25) is 0 Å². The first-order valence-corrected chi connectivity index (χ1v) is 6.63. The number of carboxylic acid groups (broad SMARTS) is 1. The van der Waals surface area contributed by atoms with Crippen molar-refractivity contribution in [3.8, 4) is 5.75 Å². The molecule has 1 heterocycles. The fourth-order valence-electron chi connectivity index (χ4n) is 2.36. The summed E-state index contributed by atoms with van der Waals surface area (Å²) in [6.45, 7) is 2.94. The summed E-state index contributed by atoms with van der Waals surface area (Å²) in [5, 5.41) is 23.4. The molecule has 0 bridgehead atoms. The van der Waals surface area contributed by atoms with Crippen LogP contribution < -0.4 is 4.74 Å². The number of nitrogens with zero attached hydrogens (tertiary/aromatic N) is 2. The number of carboxylic acids is 1. The maximum absolute atomic E-state index is 10.9. The van der Waals surface area contributed by atoms with Crippen LogP contribution in [-0.2, 0) is 11.3 Å². The molecule has 0 aromatic carbocycles. The van der Waals surface area contributed by atoms with Crippen LogP contribution in [0.5, 0.6) is 5.75 Å². The van der Waals surface area contributed by atoms with E-state index in [9.17, 15) is 9.90 Å². The van der Waals surface area contributed by atoms with E-state index in [1.807, 2.05) is 6.92 Å². The molecule has 0 saturated heterocycles. The van der Waals surface area contributed by atoms with E-state index in [1.54, 1.807) is 17.1 Å². The molecule has 1 aromatic heterocycles. The summed E-state index contributed by atoms with van der Waals surface area (Å²) in [6.07, 6.45) is 5.34. The Morgan fingerprint density at radius 2 is 2.26 bits per heavy atom. The second-order valence-electron chi connectivity index (χ2n) is 5.16. The lowest BCUT2D eigenvalue weighted by atomic mass is 9.79. The molecule has 106 valence electrons. The zero-order valence-electron chi connectivity index (χ0n) is 11.1. The van der Waals surface area contributed by atoms with Gasteiger partial charge in [0.25, 0.3) is 0 Å². The number of aliphatic carboxylic acids is 1. The smallest absolute Gasteiger partial charge is 0.306 e. The molecule has 1 saturated carbocycles. The number of aryl methyl sites for hydroxylation is 1. The van der Waals surface area contributed by atoms with Crippen molar-refractivity contribution >= 4 is 5.97 Å². The van der Waals surface area contributed by atoms with E-state index >= 15 is 0 Å². The van der Waals surface area contributed by atoms with Gasteiger partial charge in [-0.1, -0.05) is 0 Å². The number of carbonyl (C=O) groups is 1. The Balaban J connectivity index is 1.84. The number of aliphatic hydroxyl groups is 1. The molecule has 1 aromatic rings. The van der Waals surface area contributed by atoms with Gasteiger partial charge in [0.1, 0.15) is 6.61 Å². The first-order chi connectivity index (χ1) is 9.02. The van der Waals surface area contributed by atoms with Crippen molar-refractivity contribution in [1.29, 1.82) is 0 Å². The molecular formula is C13H20N2O4. The summed E-state index contributed by atoms with van der Waals surface area (Å²) in [4.78, 5) is 10.9. The summed E-state index contributed by atoms with van der Waals surface area (Å²) in [5.41, 5.74) is -0.916. The van der Waals surface area contributed by atoms with E-state index in [-0.39, 0.29) is 12.5 Å². The molecule has 0 amide bonds. The van der Waals surface area contributed by atoms with Crippen LogP contribution in [0.4, 0.5) is 0 Å². The van der Waals surface area contributed by atoms with E-state index in [1.165, 1.54) is 0 Å². The normalized spacial score (nSPS) is 27.2. The third kappa shape index (κ3) is 3.47. The van der Waals surface area contributed by atoms with Crippen LogP contribution >= 0.6 is 0 Å². The minimum absolute atomic E-state index is 0.189. The van der Waals surface area contributed by atoms with E-state index < -0.39 is 11.6 Å². The highest BCUT2D eigenvalue weighted by atomic mass is 16.5. The zero-order valence-corrected chi connectivity index (χ0v) is 11.1. The van der Waals surface area contributed by atoms with Gasteiger partial charge in [-0.05, 0) is 32.6 Å². The molecule has 1 fully saturated rings. The third-order valence-corrected chi connectivity index (χ3v) is 3.71. The first-order valence-electron chi connectivity index (χ1n) is 6.63. The van der Waals surface area contributed by atoms with Gasteiger partial charge < -0.3 is 14.9 Å². The van der Waals surface area contributed by atoms with Gasteiger partial charge in [0.15, 0.2) is 5.75 Å². The number of hydrogen-bond acceptors (Lipinski definition) is 4.